The Labute approximate surface area is 210 Å². The quantitative estimate of drug-likeness (QED) is 0.252. The lowest BCUT2D eigenvalue weighted by atomic mass is 9.96. The lowest BCUT2D eigenvalue weighted by molar-refractivity contribution is 0.306. The van der Waals surface area contributed by atoms with Gasteiger partial charge in [-0.05, 0) is 55.3 Å². The van der Waals surface area contributed by atoms with Crippen molar-refractivity contribution in [2.75, 3.05) is 5.32 Å². The van der Waals surface area contributed by atoms with Gasteiger partial charge in [0.25, 0.3) is 0 Å². The first-order valence-corrected chi connectivity index (χ1v) is 11.8. The zero-order valence-corrected chi connectivity index (χ0v) is 20.3. The van der Waals surface area contributed by atoms with E-state index >= 15 is 0 Å². The van der Waals surface area contributed by atoms with Crippen molar-refractivity contribution in [2.45, 2.75) is 26.0 Å². The monoisotopic (exact) mass is 476 g/mol. The topological polar surface area (TPSA) is 102 Å². The second-order valence-corrected chi connectivity index (χ2v) is 9.15. The summed E-state index contributed by atoms with van der Waals surface area (Å²) in [6, 6.07) is 27.9. The summed E-state index contributed by atoms with van der Waals surface area (Å²) in [5, 5.41) is 10.7. The van der Waals surface area contributed by atoms with Gasteiger partial charge < -0.3 is 15.8 Å². The summed E-state index contributed by atoms with van der Waals surface area (Å²) in [5.41, 5.74) is 12.3. The van der Waals surface area contributed by atoms with E-state index in [2.05, 4.69) is 20.5 Å². The molecule has 2 heterocycles. The highest BCUT2D eigenvalue weighted by molar-refractivity contribution is 5.79. The Hall–Kier alpha value is -4.49. The molecule has 180 valence electrons. The molecule has 4 N–H and O–H groups in total. The van der Waals surface area contributed by atoms with Gasteiger partial charge in [-0.25, -0.2) is 9.97 Å². The first kappa shape index (κ1) is 23.3. The van der Waals surface area contributed by atoms with Gasteiger partial charge in [-0.2, -0.15) is 5.10 Å². The number of hydrogen-bond acceptors (Lipinski definition) is 6. The molecule has 2 aromatic heterocycles. The van der Waals surface area contributed by atoms with E-state index < -0.39 is 5.54 Å². The number of nitrogens with two attached hydrogens (primary N) is 1. The fraction of sp³-hybridized carbons (Fsp3) is 0.138. The second kappa shape index (κ2) is 10.0. The summed E-state index contributed by atoms with van der Waals surface area (Å²) in [4.78, 5) is 9.12. The Morgan fingerprint density at radius 1 is 0.944 bits per heavy atom. The van der Waals surface area contributed by atoms with E-state index in [1.807, 2.05) is 98.8 Å². The zero-order chi connectivity index (χ0) is 25.0. The van der Waals surface area contributed by atoms with Crippen LogP contribution in [0.25, 0.3) is 22.5 Å². The van der Waals surface area contributed by atoms with Crippen LogP contribution in [0.1, 0.15) is 25.0 Å². The highest BCUT2D eigenvalue weighted by atomic mass is 16.5. The van der Waals surface area contributed by atoms with Crippen LogP contribution in [0.5, 0.6) is 5.75 Å². The molecule has 0 aliphatic carbocycles. The van der Waals surface area contributed by atoms with Gasteiger partial charge in [0, 0.05) is 28.6 Å². The normalized spacial score (nSPS) is 11.3. The molecule has 0 saturated carbocycles. The molecule has 0 aliphatic heterocycles. The maximum absolute atomic E-state index is 6.19. The molecule has 0 aliphatic rings. The Morgan fingerprint density at radius 2 is 1.75 bits per heavy atom. The van der Waals surface area contributed by atoms with Gasteiger partial charge in [-0.1, -0.05) is 54.6 Å². The smallest absolute Gasteiger partial charge is 0.227 e. The van der Waals surface area contributed by atoms with Crippen LogP contribution >= 0.6 is 0 Å². The van der Waals surface area contributed by atoms with Crippen LogP contribution in [-0.4, -0.2) is 20.2 Å². The second-order valence-electron chi connectivity index (χ2n) is 9.15. The van der Waals surface area contributed by atoms with E-state index in [0.29, 0.717) is 12.6 Å². The number of aromatic amines is 1. The molecule has 0 saturated heterocycles. The minimum atomic E-state index is -0.392. The molecule has 0 fully saturated rings. The predicted molar refractivity (Wildman–Crippen MR) is 143 cm³/mol. The molecule has 0 unspecified atom stereocenters. The number of nitrogens with zero attached hydrogens (tertiary/aromatic N) is 3. The highest BCUT2D eigenvalue weighted by Crippen LogP contribution is 2.31. The molecular formula is C29H28N6O. The minimum absolute atomic E-state index is 0.392. The highest BCUT2D eigenvalue weighted by Gasteiger charge is 2.15. The maximum atomic E-state index is 6.19. The summed E-state index contributed by atoms with van der Waals surface area (Å²) >= 11 is 0. The molecule has 7 nitrogen and oxygen atoms in total. The number of ether oxygens (including phenoxy) is 1. The van der Waals surface area contributed by atoms with Gasteiger partial charge in [0.2, 0.25) is 5.95 Å². The average Bonchev–Trinajstić information content (AvgIpc) is 3.39. The summed E-state index contributed by atoms with van der Waals surface area (Å²) in [7, 11) is 0. The molecule has 3 aromatic carbocycles. The summed E-state index contributed by atoms with van der Waals surface area (Å²) in [6.45, 7) is 4.47. The summed E-state index contributed by atoms with van der Waals surface area (Å²) < 4.78 is 6.01. The van der Waals surface area contributed by atoms with Crippen LogP contribution in [0.15, 0.2) is 97.3 Å². The molecule has 0 spiro atoms. The standard InChI is InChI=1S/C29H28N6O/c1-29(2,30)22-11-13-23(14-12-22)33-28-31-16-15-26(34-28)25-18-32-35-27(25)21-9-6-10-24(17-21)36-19-20-7-4-3-5-8-20/h3-18H,19,30H2,1-2H3,(H,32,35)(H,31,33,34). The lowest BCUT2D eigenvalue weighted by Crippen LogP contribution is -2.28. The number of hydrogen-bond donors (Lipinski definition) is 3. The molecule has 7 heteroatoms. The van der Waals surface area contributed by atoms with Gasteiger partial charge in [-0.15, -0.1) is 0 Å². The van der Waals surface area contributed by atoms with Gasteiger partial charge in [0.1, 0.15) is 12.4 Å². The maximum Gasteiger partial charge on any atom is 0.227 e. The first-order chi connectivity index (χ1) is 17.5. The number of benzene rings is 3. The fourth-order valence-corrected chi connectivity index (χ4v) is 3.86. The van der Waals surface area contributed by atoms with Crippen molar-refractivity contribution in [1.82, 2.24) is 20.2 Å². The van der Waals surface area contributed by atoms with E-state index in [-0.39, 0.29) is 0 Å². The Balaban J connectivity index is 1.35. The average molecular weight is 477 g/mol. The molecule has 0 radical (unpaired) electrons. The third-order valence-corrected chi connectivity index (χ3v) is 5.83. The Morgan fingerprint density at radius 3 is 2.53 bits per heavy atom. The number of aromatic nitrogens is 4. The molecule has 5 aromatic rings. The van der Waals surface area contributed by atoms with Gasteiger partial charge in [0.15, 0.2) is 0 Å². The molecule has 36 heavy (non-hydrogen) atoms. The van der Waals surface area contributed by atoms with Crippen molar-refractivity contribution in [3.05, 3.63) is 108 Å². The number of H-pyrrole nitrogens is 1. The van der Waals surface area contributed by atoms with Crippen LogP contribution in [0.2, 0.25) is 0 Å². The van der Waals surface area contributed by atoms with Crippen molar-refractivity contribution in [3.8, 4) is 28.3 Å². The Bertz CT molecular complexity index is 1440. The van der Waals surface area contributed by atoms with E-state index in [1.54, 1.807) is 12.4 Å². The van der Waals surface area contributed by atoms with Crippen molar-refractivity contribution < 1.29 is 4.74 Å². The van der Waals surface area contributed by atoms with Crippen molar-refractivity contribution in [1.29, 1.82) is 0 Å². The van der Waals surface area contributed by atoms with E-state index in [4.69, 9.17) is 15.5 Å². The zero-order valence-electron chi connectivity index (χ0n) is 20.3. The summed E-state index contributed by atoms with van der Waals surface area (Å²) in [6.07, 6.45) is 3.51. The van der Waals surface area contributed by atoms with Gasteiger partial charge >= 0.3 is 0 Å². The van der Waals surface area contributed by atoms with Gasteiger partial charge in [0.05, 0.1) is 17.6 Å². The summed E-state index contributed by atoms with van der Waals surface area (Å²) in [5.74, 6) is 1.28. The van der Waals surface area contributed by atoms with Crippen LogP contribution in [-0.2, 0) is 12.1 Å². The fourth-order valence-electron chi connectivity index (χ4n) is 3.86. The van der Waals surface area contributed by atoms with Crippen LogP contribution in [0.3, 0.4) is 0 Å². The van der Waals surface area contributed by atoms with E-state index in [0.717, 1.165) is 45.1 Å². The van der Waals surface area contributed by atoms with Crippen molar-refractivity contribution in [2.24, 2.45) is 5.73 Å². The van der Waals surface area contributed by atoms with E-state index in [1.165, 1.54) is 0 Å². The molecule has 0 atom stereocenters. The number of anilines is 2. The van der Waals surface area contributed by atoms with Crippen LogP contribution < -0.4 is 15.8 Å². The minimum Gasteiger partial charge on any atom is -0.489 e. The van der Waals surface area contributed by atoms with E-state index in [9.17, 15) is 0 Å². The Kier molecular flexibility index (Phi) is 6.47. The molecule has 5 rings (SSSR count). The van der Waals surface area contributed by atoms with Gasteiger partial charge in [-0.3, -0.25) is 5.10 Å². The first-order valence-electron chi connectivity index (χ1n) is 11.8. The van der Waals surface area contributed by atoms with Crippen LogP contribution in [0, 0.1) is 0 Å². The third-order valence-electron chi connectivity index (χ3n) is 5.83. The van der Waals surface area contributed by atoms with Crippen LogP contribution in [0.4, 0.5) is 11.6 Å². The predicted octanol–water partition coefficient (Wildman–Crippen LogP) is 6.05. The third kappa shape index (κ3) is 5.42. The molecular weight excluding hydrogens is 448 g/mol. The van der Waals surface area contributed by atoms with Crippen molar-refractivity contribution >= 4 is 11.6 Å². The molecule has 0 amide bonds. The van der Waals surface area contributed by atoms with Crippen molar-refractivity contribution in [3.63, 3.8) is 0 Å². The largest absolute Gasteiger partial charge is 0.489 e. The lowest BCUT2D eigenvalue weighted by Gasteiger charge is -2.19. The SMILES string of the molecule is CC(C)(N)c1ccc(Nc2nccc(-c3cn[nH]c3-c3cccc(OCc4ccccc4)c3)n2)cc1. The number of rotatable bonds is 8. The number of nitrogens with one attached hydrogen (secondary N) is 2. The molecule has 0 bridgehead atoms.